The predicted molar refractivity (Wildman–Crippen MR) is 95.8 cm³/mol. The lowest BCUT2D eigenvalue weighted by Gasteiger charge is -2.28. The number of halogens is 2. The van der Waals surface area contributed by atoms with Gasteiger partial charge in [0.25, 0.3) is 0 Å². The molecule has 0 aromatic heterocycles. The molecule has 0 saturated carbocycles. The van der Waals surface area contributed by atoms with E-state index in [1.54, 1.807) is 30.3 Å². The van der Waals surface area contributed by atoms with E-state index >= 15 is 0 Å². The van der Waals surface area contributed by atoms with E-state index < -0.39 is 27.5 Å². The van der Waals surface area contributed by atoms with Gasteiger partial charge in [0.05, 0.1) is 29.8 Å². The molecule has 1 saturated heterocycles. The first-order chi connectivity index (χ1) is 12.4. The quantitative estimate of drug-likeness (QED) is 0.866. The van der Waals surface area contributed by atoms with Crippen LogP contribution in [0.25, 0.3) is 0 Å². The Balaban J connectivity index is 1.79. The van der Waals surface area contributed by atoms with Gasteiger partial charge in [-0.15, -0.1) is 0 Å². The summed E-state index contributed by atoms with van der Waals surface area (Å²) in [5, 5.41) is 2.65. The number of sulfone groups is 1. The first-order valence-electron chi connectivity index (χ1n) is 8.12. The molecule has 0 bridgehead atoms. The second kappa shape index (κ2) is 7.41. The molecule has 8 heteroatoms. The normalized spacial score (nSPS) is 18.5. The molecule has 1 N–H and O–H groups in total. The maximum absolute atomic E-state index is 13.7. The van der Waals surface area contributed by atoms with Gasteiger partial charge < -0.3 is 10.2 Å². The molecule has 1 aliphatic rings. The summed E-state index contributed by atoms with van der Waals surface area (Å²) in [5.74, 6) is -1.96. The van der Waals surface area contributed by atoms with E-state index in [9.17, 15) is 22.0 Å². The Labute approximate surface area is 150 Å². The summed E-state index contributed by atoms with van der Waals surface area (Å²) in [5.41, 5.74) is 0.591. The summed E-state index contributed by atoms with van der Waals surface area (Å²) in [6, 6.07) is 11.3. The molecular weight excluding hydrogens is 362 g/mol. The number of carbonyl (C=O) groups is 1. The van der Waals surface area contributed by atoms with Gasteiger partial charge in [0.2, 0.25) is 5.91 Å². The third-order valence-corrected chi connectivity index (χ3v) is 5.99. The van der Waals surface area contributed by atoms with E-state index in [2.05, 4.69) is 5.32 Å². The summed E-state index contributed by atoms with van der Waals surface area (Å²) >= 11 is 0. The molecule has 5 nitrogen and oxygen atoms in total. The maximum atomic E-state index is 13.7. The van der Waals surface area contributed by atoms with Crippen LogP contribution in [-0.2, 0) is 14.6 Å². The van der Waals surface area contributed by atoms with Crippen LogP contribution in [0.5, 0.6) is 0 Å². The van der Waals surface area contributed by atoms with Crippen LogP contribution in [0.1, 0.15) is 6.42 Å². The molecule has 0 radical (unpaired) electrons. The minimum atomic E-state index is -3.18. The largest absolute Gasteiger partial charge is 0.374 e. The summed E-state index contributed by atoms with van der Waals surface area (Å²) in [6.07, 6.45) is 0.355. The van der Waals surface area contributed by atoms with Crippen molar-refractivity contribution in [2.45, 2.75) is 12.5 Å². The van der Waals surface area contributed by atoms with Crippen molar-refractivity contribution >= 4 is 27.1 Å². The number of para-hydroxylation sites is 1. The van der Waals surface area contributed by atoms with Crippen molar-refractivity contribution in [2.75, 3.05) is 28.3 Å². The van der Waals surface area contributed by atoms with Crippen molar-refractivity contribution < 1.29 is 22.0 Å². The Morgan fingerprint density at radius 1 is 1.15 bits per heavy atom. The highest BCUT2D eigenvalue weighted by Crippen LogP contribution is 2.25. The van der Waals surface area contributed by atoms with E-state index in [0.29, 0.717) is 12.1 Å². The summed E-state index contributed by atoms with van der Waals surface area (Å²) in [7, 11) is -3.18. The molecule has 1 aliphatic heterocycles. The van der Waals surface area contributed by atoms with Crippen LogP contribution >= 0.6 is 0 Å². The predicted octanol–water partition coefficient (Wildman–Crippen LogP) is 2.60. The molecular formula is C18H18F2N2O3S. The zero-order valence-electron chi connectivity index (χ0n) is 13.9. The minimum absolute atomic E-state index is 0.00630. The van der Waals surface area contributed by atoms with Crippen molar-refractivity contribution in [3.63, 3.8) is 0 Å². The Morgan fingerprint density at radius 3 is 2.50 bits per heavy atom. The fourth-order valence-corrected chi connectivity index (χ4v) is 4.71. The Hall–Kier alpha value is -2.48. The van der Waals surface area contributed by atoms with Gasteiger partial charge in [-0.25, -0.2) is 17.2 Å². The number of nitrogens with zero attached hydrogens (tertiary/aromatic N) is 1. The lowest BCUT2D eigenvalue weighted by Crippen LogP contribution is -2.44. The number of hydrogen-bond acceptors (Lipinski definition) is 4. The fourth-order valence-electron chi connectivity index (χ4n) is 3.01. The standard InChI is InChI=1S/C18H18F2N2O3S/c19-13-6-7-17(16(20)10-13)21-11-18(23)22(14-4-2-1-3-5-14)15-8-9-26(24,25)12-15/h1-7,10,15,21H,8-9,11-12H2/t15-/m0/s1. The van der Waals surface area contributed by atoms with Crippen LogP contribution in [0.4, 0.5) is 20.2 Å². The molecule has 2 aromatic rings. The molecule has 0 aliphatic carbocycles. The summed E-state index contributed by atoms with van der Waals surface area (Å²) in [4.78, 5) is 14.2. The molecule has 0 unspecified atom stereocenters. The number of rotatable bonds is 5. The Morgan fingerprint density at radius 2 is 1.88 bits per heavy atom. The summed E-state index contributed by atoms with van der Waals surface area (Å²) < 4.78 is 50.3. The van der Waals surface area contributed by atoms with Crippen molar-refractivity contribution in [1.29, 1.82) is 0 Å². The first kappa shape index (κ1) is 18.3. The van der Waals surface area contributed by atoms with Gasteiger partial charge in [0, 0.05) is 11.8 Å². The molecule has 3 rings (SSSR count). The zero-order chi connectivity index (χ0) is 18.7. The highest BCUT2D eigenvalue weighted by atomic mass is 32.2. The third-order valence-electron chi connectivity index (χ3n) is 4.24. The number of benzene rings is 2. The van der Waals surface area contributed by atoms with Gasteiger partial charge in [-0.3, -0.25) is 4.79 Å². The van der Waals surface area contributed by atoms with Crippen LogP contribution in [0.3, 0.4) is 0 Å². The number of carbonyl (C=O) groups excluding carboxylic acids is 1. The highest BCUT2D eigenvalue weighted by molar-refractivity contribution is 7.91. The van der Waals surface area contributed by atoms with E-state index in [1.165, 1.54) is 11.0 Å². The average Bonchev–Trinajstić information content (AvgIpc) is 2.95. The topological polar surface area (TPSA) is 66.5 Å². The third kappa shape index (κ3) is 4.19. The van der Waals surface area contributed by atoms with Crippen molar-refractivity contribution in [2.24, 2.45) is 0 Å². The average molecular weight is 380 g/mol. The van der Waals surface area contributed by atoms with Gasteiger partial charge >= 0.3 is 0 Å². The van der Waals surface area contributed by atoms with E-state index in [4.69, 9.17) is 0 Å². The van der Waals surface area contributed by atoms with Gasteiger partial charge in [0.1, 0.15) is 11.6 Å². The molecule has 138 valence electrons. The fraction of sp³-hybridized carbons (Fsp3) is 0.278. The molecule has 26 heavy (non-hydrogen) atoms. The molecule has 0 spiro atoms. The van der Waals surface area contributed by atoms with Crippen LogP contribution in [-0.4, -0.2) is 38.4 Å². The van der Waals surface area contributed by atoms with E-state index in [-0.39, 0.29) is 29.6 Å². The van der Waals surface area contributed by atoms with E-state index in [1.807, 2.05) is 0 Å². The lowest BCUT2D eigenvalue weighted by atomic mass is 10.1. The molecule has 1 atom stereocenters. The monoisotopic (exact) mass is 380 g/mol. The molecule has 1 heterocycles. The molecule has 1 fully saturated rings. The number of hydrogen-bond donors (Lipinski definition) is 1. The molecule has 2 aromatic carbocycles. The smallest absolute Gasteiger partial charge is 0.246 e. The summed E-state index contributed by atoms with van der Waals surface area (Å²) in [6.45, 7) is -0.242. The van der Waals surface area contributed by atoms with Crippen LogP contribution < -0.4 is 10.2 Å². The van der Waals surface area contributed by atoms with Crippen molar-refractivity contribution in [3.05, 3.63) is 60.2 Å². The first-order valence-corrected chi connectivity index (χ1v) is 9.94. The molecule has 1 amide bonds. The van der Waals surface area contributed by atoms with E-state index in [0.717, 1.165) is 12.1 Å². The SMILES string of the molecule is O=C(CNc1ccc(F)cc1F)N(c1ccccc1)[C@H]1CCS(=O)(=O)C1. The van der Waals surface area contributed by atoms with Crippen LogP contribution in [0.15, 0.2) is 48.5 Å². The van der Waals surface area contributed by atoms with Gasteiger partial charge in [-0.2, -0.15) is 0 Å². The van der Waals surface area contributed by atoms with Crippen molar-refractivity contribution in [3.8, 4) is 0 Å². The van der Waals surface area contributed by atoms with Crippen LogP contribution in [0.2, 0.25) is 0 Å². The Kier molecular flexibility index (Phi) is 5.22. The van der Waals surface area contributed by atoms with Gasteiger partial charge in [0.15, 0.2) is 9.84 Å². The zero-order valence-corrected chi connectivity index (χ0v) is 14.7. The Bertz CT molecular complexity index is 904. The van der Waals surface area contributed by atoms with Crippen LogP contribution in [0, 0.1) is 11.6 Å². The van der Waals surface area contributed by atoms with Crippen molar-refractivity contribution in [1.82, 2.24) is 0 Å². The van der Waals surface area contributed by atoms with Gasteiger partial charge in [-0.05, 0) is 30.7 Å². The highest BCUT2D eigenvalue weighted by Gasteiger charge is 2.35. The lowest BCUT2D eigenvalue weighted by molar-refractivity contribution is -0.117. The number of nitrogens with one attached hydrogen (secondary N) is 1. The second-order valence-electron chi connectivity index (χ2n) is 6.13. The second-order valence-corrected chi connectivity index (χ2v) is 8.36. The number of amides is 1. The van der Waals surface area contributed by atoms with Gasteiger partial charge in [-0.1, -0.05) is 18.2 Å². The number of anilines is 2. The maximum Gasteiger partial charge on any atom is 0.246 e. The minimum Gasteiger partial charge on any atom is -0.374 e.